The molecule has 5 N–H and O–H groups in total. The first kappa shape index (κ1) is 29.3. The lowest BCUT2D eigenvalue weighted by molar-refractivity contribution is -0.122. The molecule has 1 saturated heterocycles. The summed E-state index contributed by atoms with van der Waals surface area (Å²) in [5, 5.41) is 9.53. The van der Waals surface area contributed by atoms with Crippen LogP contribution < -0.4 is 21.7 Å². The summed E-state index contributed by atoms with van der Waals surface area (Å²) in [4.78, 5) is 39.8. The summed E-state index contributed by atoms with van der Waals surface area (Å²) < 4.78 is 15.9. The van der Waals surface area contributed by atoms with Gasteiger partial charge in [0.05, 0.1) is 21.7 Å². The molecule has 3 amide bonds. The molecule has 0 aromatic heterocycles. The highest BCUT2D eigenvalue weighted by Crippen LogP contribution is 2.57. The summed E-state index contributed by atoms with van der Waals surface area (Å²) in [5.41, 5.74) is 5.34. The lowest BCUT2D eigenvalue weighted by Gasteiger charge is -2.37. The van der Waals surface area contributed by atoms with Crippen molar-refractivity contribution in [2.24, 2.45) is 11.1 Å². The van der Waals surface area contributed by atoms with Gasteiger partial charge in [-0.15, -0.1) is 0 Å². The summed E-state index contributed by atoms with van der Waals surface area (Å²) >= 11 is 18.7. The number of rotatable bonds is 5. The number of fused-ring (bicyclic) bond motifs is 2. The van der Waals surface area contributed by atoms with Crippen molar-refractivity contribution in [3.8, 4) is 0 Å². The van der Waals surface area contributed by atoms with Crippen molar-refractivity contribution in [3.63, 3.8) is 0 Å². The van der Waals surface area contributed by atoms with Crippen LogP contribution in [0.4, 0.5) is 15.8 Å². The van der Waals surface area contributed by atoms with E-state index < -0.39 is 41.0 Å². The van der Waals surface area contributed by atoms with Gasteiger partial charge in [-0.2, -0.15) is 0 Å². The number of hydrogen-bond acceptors (Lipinski definition) is 4. The van der Waals surface area contributed by atoms with Gasteiger partial charge in [-0.05, 0) is 59.4 Å². The number of nitrogens with two attached hydrogens (primary N) is 1. The molecule has 1 fully saturated rings. The largest absolute Gasteiger partial charge is 0.366 e. The van der Waals surface area contributed by atoms with Crippen molar-refractivity contribution in [3.05, 3.63) is 92.2 Å². The van der Waals surface area contributed by atoms with E-state index in [0.29, 0.717) is 28.4 Å². The van der Waals surface area contributed by atoms with Gasteiger partial charge in [-0.25, -0.2) is 4.39 Å². The maximum atomic E-state index is 15.9. The molecule has 214 valence electrons. The number of carbonyl (C=O) groups is 3. The number of benzene rings is 3. The first-order valence-electron chi connectivity index (χ1n) is 13.0. The van der Waals surface area contributed by atoms with Crippen molar-refractivity contribution in [1.29, 1.82) is 0 Å². The Balaban J connectivity index is 1.69. The van der Waals surface area contributed by atoms with Crippen LogP contribution >= 0.6 is 34.8 Å². The Morgan fingerprint density at radius 1 is 1.05 bits per heavy atom. The second-order valence-electron chi connectivity index (χ2n) is 11.6. The van der Waals surface area contributed by atoms with Crippen molar-refractivity contribution in [2.45, 2.75) is 50.6 Å². The molecule has 2 aliphatic rings. The van der Waals surface area contributed by atoms with E-state index in [9.17, 15) is 14.4 Å². The fourth-order valence-corrected chi connectivity index (χ4v) is 6.79. The fraction of sp³-hybridized carbons (Fsp3) is 0.300. The third-order valence-corrected chi connectivity index (χ3v) is 8.56. The molecule has 0 saturated carbocycles. The van der Waals surface area contributed by atoms with Crippen molar-refractivity contribution in [1.82, 2.24) is 5.32 Å². The van der Waals surface area contributed by atoms with Gasteiger partial charge in [0.25, 0.3) is 0 Å². The molecular formula is C30H28Cl3FN4O3. The Labute approximate surface area is 251 Å². The minimum absolute atomic E-state index is 0.0650. The Morgan fingerprint density at radius 2 is 1.78 bits per heavy atom. The van der Waals surface area contributed by atoms with Crippen LogP contribution in [-0.4, -0.2) is 29.8 Å². The van der Waals surface area contributed by atoms with Crippen LogP contribution in [0, 0.1) is 11.2 Å². The van der Waals surface area contributed by atoms with Crippen molar-refractivity contribution >= 4 is 63.9 Å². The standard InChI is InChI=1S/C30H28Cl3FN4O3/c1-29(2,3)13-22-30(18-10-7-14(31)11-21(18)37-28(30)41)23(17-5-4-6-19(32)24(17)34)25(38-22)27(40)36-15-8-9-16(26(35)39)20(33)12-15/h4-12,22-23,25,38H,13H2,1-3H3,(H2,35,39)(H,36,40)(H,37,41)/t22-,23+,25+,30?/m0/s1. The highest BCUT2D eigenvalue weighted by molar-refractivity contribution is 6.34. The molecule has 11 heteroatoms. The molecule has 2 heterocycles. The predicted octanol–water partition coefficient (Wildman–Crippen LogP) is 6.27. The first-order valence-corrected chi connectivity index (χ1v) is 14.1. The lowest BCUT2D eigenvalue weighted by atomic mass is 9.62. The van der Waals surface area contributed by atoms with E-state index in [4.69, 9.17) is 40.5 Å². The van der Waals surface area contributed by atoms with Gasteiger partial charge in [0.2, 0.25) is 17.7 Å². The molecule has 2 aliphatic heterocycles. The molecular weight excluding hydrogens is 590 g/mol. The minimum atomic E-state index is -1.38. The number of primary amides is 1. The van der Waals surface area contributed by atoms with E-state index >= 15 is 4.39 Å². The molecule has 0 bridgehead atoms. The third kappa shape index (κ3) is 5.07. The zero-order valence-electron chi connectivity index (χ0n) is 22.4. The highest BCUT2D eigenvalue weighted by Gasteiger charge is 2.66. The van der Waals surface area contributed by atoms with Crippen LogP contribution in [0.25, 0.3) is 0 Å². The topological polar surface area (TPSA) is 113 Å². The van der Waals surface area contributed by atoms with Gasteiger partial charge in [-0.1, -0.05) is 73.8 Å². The lowest BCUT2D eigenvalue weighted by Crippen LogP contribution is -2.49. The Hall–Kier alpha value is -3.17. The summed E-state index contributed by atoms with van der Waals surface area (Å²) in [6.45, 7) is 6.09. The van der Waals surface area contributed by atoms with Gasteiger partial charge in [0, 0.05) is 28.4 Å². The number of carbonyl (C=O) groups excluding carboxylic acids is 3. The van der Waals surface area contributed by atoms with Crippen LogP contribution in [0.15, 0.2) is 54.6 Å². The van der Waals surface area contributed by atoms with Gasteiger partial charge in [0.1, 0.15) is 11.2 Å². The van der Waals surface area contributed by atoms with Crippen molar-refractivity contribution < 1.29 is 18.8 Å². The van der Waals surface area contributed by atoms with E-state index in [-0.39, 0.29) is 32.5 Å². The highest BCUT2D eigenvalue weighted by atomic mass is 35.5. The molecule has 3 aromatic carbocycles. The molecule has 1 spiro atoms. The van der Waals surface area contributed by atoms with Gasteiger partial charge < -0.3 is 21.7 Å². The zero-order valence-corrected chi connectivity index (χ0v) is 24.7. The van der Waals surface area contributed by atoms with E-state index in [0.717, 1.165) is 0 Å². The summed E-state index contributed by atoms with van der Waals surface area (Å²) in [6, 6.07) is 12.3. The van der Waals surface area contributed by atoms with Crippen molar-refractivity contribution in [2.75, 3.05) is 10.6 Å². The molecule has 41 heavy (non-hydrogen) atoms. The van der Waals surface area contributed by atoms with Crippen LogP contribution in [0.2, 0.25) is 15.1 Å². The maximum absolute atomic E-state index is 15.9. The van der Waals surface area contributed by atoms with Gasteiger partial charge in [0.15, 0.2) is 0 Å². The summed E-state index contributed by atoms with van der Waals surface area (Å²) in [7, 11) is 0. The number of halogens is 4. The second kappa shape index (κ2) is 10.6. The minimum Gasteiger partial charge on any atom is -0.366 e. The zero-order chi connectivity index (χ0) is 29.9. The molecule has 0 aliphatic carbocycles. The van der Waals surface area contributed by atoms with E-state index in [1.807, 2.05) is 20.8 Å². The Kier molecular flexibility index (Phi) is 7.57. The first-order chi connectivity index (χ1) is 19.2. The number of nitrogens with one attached hydrogen (secondary N) is 3. The molecule has 1 unspecified atom stereocenters. The average Bonchev–Trinajstić information content (AvgIpc) is 3.34. The normalized spacial score (nSPS) is 23.4. The maximum Gasteiger partial charge on any atom is 0.250 e. The second-order valence-corrected chi connectivity index (χ2v) is 12.9. The third-order valence-electron chi connectivity index (χ3n) is 7.72. The molecule has 7 nitrogen and oxygen atoms in total. The Bertz CT molecular complexity index is 1590. The summed E-state index contributed by atoms with van der Waals surface area (Å²) in [6.07, 6.45) is 0.476. The molecule has 3 aromatic rings. The van der Waals surface area contributed by atoms with E-state index in [1.54, 1.807) is 30.3 Å². The molecule has 0 radical (unpaired) electrons. The van der Waals surface area contributed by atoms with Gasteiger partial charge >= 0.3 is 0 Å². The number of amides is 3. The number of hydrogen-bond donors (Lipinski definition) is 4. The fourth-order valence-electron chi connectivity index (χ4n) is 6.16. The van der Waals surface area contributed by atoms with E-state index in [1.165, 1.54) is 24.3 Å². The average molecular weight is 618 g/mol. The van der Waals surface area contributed by atoms with Gasteiger partial charge in [-0.3, -0.25) is 14.4 Å². The number of anilines is 2. The quantitative estimate of drug-likeness (QED) is 0.270. The van der Waals surface area contributed by atoms with E-state index in [2.05, 4.69) is 16.0 Å². The Morgan fingerprint density at radius 3 is 2.44 bits per heavy atom. The molecule has 5 rings (SSSR count). The van der Waals surface area contributed by atoms with Crippen LogP contribution in [0.1, 0.15) is 54.6 Å². The van der Waals surface area contributed by atoms with Crippen LogP contribution in [0.5, 0.6) is 0 Å². The predicted molar refractivity (Wildman–Crippen MR) is 159 cm³/mol. The van der Waals surface area contributed by atoms with Crippen LogP contribution in [0.3, 0.4) is 0 Å². The SMILES string of the molecule is CC(C)(C)C[C@@H]1N[C@@H](C(=O)Nc2ccc(C(N)=O)c(Cl)c2)[C@@H](c2cccc(Cl)c2F)C12C(=O)Nc1cc(Cl)ccc12. The smallest absolute Gasteiger partial charge is 0.250 e. The molecule has 4 atom stereocenters. The van der Waals surface area contributed by atoms with Crippen LogP contribution in [-0.2, 0) is 15.0 Å². The monoisotopic (exact) mass is 616 g/mol. The summed E-state index contributed by atoms with van der Waals surface area (Å²) in [5.74, 6) is -3.32.